The molecule has 2 N–H and O–H groups in total. The number of aliphatic hydroxyl groups excluding tert-OH is 1. The second-order valence-electron chi connectivity index (χ2n) is 5.69. The third-order valence-electron chi connectivity index (χ3n) is 3.95. The molecule has 5 heteroatoms. The molecule has 1 fully saturated rings. The highest BCUT2D eigenvalue weighted by molar-refractivity contribution is 5.31. The summed E-state index contributed by atoms with van der Waals surface area (Å²) < 4.78 is 24.4. The Labute approximate surface area is 128 Å². The van der Waals surface area contributed by atoms with E-state index in [1.54, 1.807) is 24.5 Å². The van der Waals surface area contributed by atoms with Gasteiger partial charge < -0.3 is 19.6 Å². The van der Waals surface area contributed by atoms with Crippen molar-refractivity contribution in [1.29, 1.82) is 0 Å². The summed E-state index contributed by atoms with van der Waals surface area (Å²) in [5, 5.41) is 13.3. The summed E-state index contributed by atoms with van der Waals surface area (Å²) in [7, 11) is 0. The average molecular weight is 305 g/mol. The Morgan fingerprint density at radius 3 is 2.77 bits per heavy atom. The number of ether oxygens (including phenoxy) is 1. The van der Waals surface area contributed by atoms with Gasteiger partial charge in [0.15, 0.2) is 0 Å². The van der Waals surface area contributed by atoms with Crippen LogP contribution in [0.4, 0.5) is 4.39 Å². The molecule has 2 aromatic rings. The number of halogens is 1. The molecule has 0 amide bonds. The standard InChI is InChI=1S/C17H20FNO3/c18-16-6-2-1-5-15(16)17(7-8-17)19-10-13(20)11-21-12-14-4-3-9-22-14/h1-6,9,13,19-20H,7-8,10-12H2. The molecule has 1 heterocycles. The lowest BCUT2D eigenvalue weighted by molar-refractivity contribution is 0.0210. The highest BCUT2D eigenvalue weighted by Gasteiger charge is 2.45. The van der Waals surface area contributed by atoms with E-state index in [1.807, 2.05) is 12.1 Å². The predicted octanol–water partition coefficient (Wildman–Crippen LogP) is 2.58. The maximum atomic E-state index is 13.9. The number of furan rings is 1. The zero-order valence-corrected chi connectivity index (χ0v) is 12.3. The van der Waals surface area contributed by atoms with Gasteiger partial charge in [-0.2, -0.15) is 0 Å². The minimum Gasteiger partial charge on any atom is -0.467 e. The maximum absolute atomic E-state index is 13.9. The van der Waals surface area contributed by atoms with Crippen LogP contribution >= 0.6 is 0 Å². The third-order valence-corrected chi connectivity index (χ3v) is 3.95. The van der Waals surface area contributed by atoms with Crippen LogP contribution in [0.1, 0.15) is 24.2 Å². The van der Waals surface area contributed by atoms with Crippen LogP contribution in [0.3, 0.4) is 0 Å². The smallest absolute Gasteiger partial charge is 0.129 e. The summed E-state index contributed by atoms with van der Waals surface area (Å²) in [5.41, 5.74) is 0.353. The van der Waals surface area contributed by atoms with Gasteiger partial charge in [0.25, 0.3) is 0 Å². The van der Waals surface area contributed by atoms with Crippen molar-refractivity contribution in [1.82, 2.24) is 5.32 Å². The Hall–Kier alpha value is -1.69. The van der Waals surface area contributed by atoms with Crippen LogP contribution in [0.15, 0.2) is 47.1 Å². The number of rotatable bonds is 8. The number of benzene rings is 1. The second-order valence-corrected chi connectivity index (χ2v) is 5.69. The van der Waals surface area contributed by atoms with E-state index in [9.17, 15) is 9.50 Å². The minimum absolute atomic E-state index is 0.198. The quantitative estimate of drug-likeness (QED) is 0.787. The van der Waals surface area contributed by atoms with Gasteiger partial charge in [-0.1, -0.05) is 18.2 Å². The van der Waals surface area contributed by atoms with Crippen LogP contribution in [-0.2, 0) is 16.9 Å². The van der Waals surface area contributed by atoms with Crippen molar-refractivity contribution in [2.24, 2.45) is 0 Å². The fraction of sp³-hybridized carbons (Fsp3) is 0.412. The molecule has 1 aromatic heterocycles. The van der Waals surface area contributed by atoms with Gasteiger partial charge >= 0.3 is 0 Å². The minimum atomic E-state index is -0.640. The molecule has 0 saturated heterocycles. The zero-order chi connectivity index (χ0) is 15.4. The Balaban J connectivity index is 1.45. The monoisotopic (exact) mass is 305 g/mol. The molecule has 118 valence electrons. The fourth-order valence-corrected chi connectivity index (χ4v) is 2.58. The molecular formula is C17H20FNO3. The van der Waals surface area contributed by atoms with Crippen molar-refractivity contribution in [3.05, 3.63) is 59.8 Å². The van der Waals surface area contributed by atoms with Crippen LogP contribution in [0.2, 0.25) is 0 Å². The molecule has 4 nitrogen and oxygen atoms in total. The molecule has 1 aliphatic carbocycles. The molecule has 1 atom stereocenters. The first-order valence-corrected chi connectivity index (χ1v) is 7.48. The first-order chi connectivity index (χ1) is 10.7. The SMILES string of the molecule is OC(CNC1(c2ccccc2F)CC1)COCc1ccco1. The largest absolute Gasteiger partial charge is 0.467 e. The number of hydrogen-bond donors (Lipinski definition) is 2. The Kier molecular flexibility index (Phi) is 4.57. The van der Waals surface area contributed by atoms with E-state index in [-0.39, 0.29) is 18.0 Å². The molecule has 1 aromatic carbocycles. The van der Waals surface area contributed by atoms with E-state index in [2.05, 4.69) is 5.32 Å². The van der Waals surface area contributed by atoms with Gasteiger partial charge in [-0.15, -0.1) is 0 Å². The topological polar surface area (TPSA) is 54.6 Å². The third kappa shape index (κ3) is 3.55. The molecule has 1 saturated carbocycles. The first kappa shape index (κ1) is 15.2. The summed E-state index contributed by atoms with van der Waals surface area (Å²) in [6.45, 7) is 0.913. The lowest BCUT2D eigenvalue weighted by Gasteiger charge is -2.21. The normalized spacial score (nSPS) is 17.4. The number of hydrogen-bond acceptors (Lipinski definition) is 4. The molecule has 0 spiro atoms. The summed E-state index contributed by atoms with van der Waals surface area (Å²) in [6.07, 6.45) is 2.71. The van der Waals surface area contributed by atoms with Crippen LogP contribution in [0, 0.1) is 5.82 Å². The van der Waals surface area contributed by atoms with E-state index in [0.717, 1.165) is 18.6 Å². The molecule has 1 aliphatic rings. The predicted molar refractivity (Wildman–Crippen MR) is 79.7 cm³/mol. The molecule has 0 bridgehead atoms. The van der Waals surface area contributed by atoms with Crippen molar-refractivity contribution >= 4 is 0 Å². The molecule has 3 rings (SSSR count). The van der Waals surface area contributed by atoms with E-state index < -0.39 is 6.10 Å². The lowest BCUT2D eigenvalue weighted by Crippen LogP contribution is -2.38. The van der Waals surface area contributed by atoms with E-state index >= 15 is 0 Å². The van der Waals surface area contributed by atoms with Gasteiger partial charge in [0.2, 0.25) is 0 Å². The van der Waals surface area contributed by atoms with Crippen LogP contribution in [-0.4, -0.2) is 24.4 Å². The van der Waals surface area contributed by atoms with Gasteiger partial charge in [-0.3, -0.25) is 0 Å². The summed E-state index contributed by atoms with van der Waals surface area (Å²) in [6, 6.07) is 10.4. The van der Waals surface area contributed by atoms with Crippen molar-refractivity contribution in [3.8, 4) is 0 Å². The molecular weight excluding hydrogens is 285 g/mol. The van der Waals surface area contributed by atoms with E-state index in [4.69, 9.17) is 9.15 Å². The fourth-order valence-electron chi connectivity index (χ4n) is 2.58. The number of nitrogens with one attached hydrogen (secondary N) is 1. The van der Waals surface area contributed by atoms with Crippen molar-refractivity contribution in [2.75, 3.05) is 13.2 Å². The Morgan fingerprint density at radius 2 is 2.09 bits per heavy atom. The van der Waals surface area contributed by atoms with Crippen LogP contribution in [0.5, 0.6) is 0 Å². The summed E-state index contributed by atoms with van der Waals surface area (Å²) >= 11 is 0. The average Bonchev–Trinajstić information content (AvgIpc) is 3.13. The molecule has 0 aliphatic heterocycles. The highest BCUT2D eigenvalue weighted by atomic mass is 19.1. The van der Waals surface area contributed by atoms with Gasteiger partial charge in [-0.25, -0.2) is 4.39 Å². The Morgan fingerprint density at radius 1 is 1.27 bits per heavy atom. The van der Waals surface area contributed by atoms with E-state index in [0.29, 0.717) is 18.7 Å². The van der Waals surface area contributed by atoms with E-state index in [1.165, 1.54) is 6.07 Å². The molecule has 0 radical (unpaired) electrons. The lowest BCUT2D eigenvalue weighted by atomic mass is 10.0. The number of aliphatic hydroxyl groups is 1. The van der Waals surface area contributed by atoms with Crippen LogP contribution < -0.4 is 5.32 Å². The molecule has 1 unspecified atom stereocenters. The molecule has 22 heavy (non-hydrogen) atoms. The van der Waals surface area contributed by atoms with Crippen molar-refractivity contribution in [3.63, 3.8) is 0 Å². The van der Waals surface area contributed by atoms with Crippen molar-refractivity contribution < 1.29 is 18.7 Å². The Bertz CT molecular complexity index is 596. The summed E-state index contributed by atoms with van der Waals surface area (Å²) in [5.74, 6) is 0.529. The van der Waals surface area contributed by atoms with Crippen LogP contribution in [0.25, 0.3) is 0 Å². The maximum Gasteiger partial charge on any atom is 0.129 e. The van der Waals surface area contributed by atoms with Gasteiger partial charge in [-0.05, 0) is 31.0 Å². The van der Waals surface area contributed by atoms with Gasteiger partial charge in [0.1, 0.15) is 18.2 Å². The van der Waals surface area contributed by atoms with Crippen molar-refractivity contribution in [2.45, 2.75) is 31.1 Å². The zero-order valence-electron chi connectivity index (χ0n) is 12.3. The second kappa shape index (κ2) is 6.60. The first-order valence-electron chi connectivity index (χ1n) is 7.48. The summed E-state index contributed by atoms with van der Waals surface area (Å²) in [4.78, 5) is 0. The van der Waals surface area contributed by atoms with Gasteiger partial charge in [0, 0.05) is 17.6 Å². The van der Waals surface area contributed by atoms with Gasteiger partial charge in [0.05, 0.1) is 19.0 Å². The highest BCUT2D eigenvalue weighted by Crippen LogP contribution is 2.46.